The number of aliphatic hydroxyl groups excluding tert-OH is 1. The molecule has 0 unspecified atom stereocenters. The first-order valence-corrected chi connectivity index (χ1v) is 11.7. The molecule has 0 bridgehead atoms. The van der Waals surface area contributed by atoms with Gasteiger partial charge in [-0.2, -0.15) is 0 Å². The fourth-order valence-corrected chi connectivity index (χ4v) is 7.05. The third-order valence-electron chi connectivity index (χ3n) is 8.49. The summed E-state index contributed by atoms with van der Waals surface area (Å²) in [5.41, 5.74) is 12.3. The molecular weight excluding hydrogens is 402 g/mol. The Morgan fingerprint density at radius 3 is 2.75 bits per heavy atom. The van der Waals surface area contributed by atoms with Crippen molar-refractivity contribution in [1.29, 1.82) is 0 Å². The summed E-state index contributed by atoms with van der Waals surface area (Å²) in [6.07, 6.45) is 4.86. The third kappa shape index (κ3) is 3.52. The molecule has 0 radical (unpaired) electrons. The molecule has 2 fully saturated rings. The molecule has 6 nitrogen and oxygen atoms in total. The molecule has 2 N–H and O–H groups in total. The number of azide groups is 1. The first kappa shape index (κ1) is 21.2. The quantitative estimate of drug-likeness (QED) is 0.274. The number of hydrogen-bond acceptors (Lipinski definition) is 4. The molecule has 168 valence electrons. The van der Waals surface area contributed by atoms with Gasteiger partial charge >= 0.3 is 0 Å². The lowest BCUT2D eigenvalue weighted by molar-refractivity contribution is -0.0323. The predicted molar refractivity (Wildman–Crippen MR) is 123 cm³/mol. The average Bonchev–Trinajstić information content (AvgIpc) is 3.10. The van der Waals surface area contributed by atoms with E-state index in [0.29, 0.717) is 42.6 Å². The predicted octanol–water partition coefficient (Wildman–Crippen LogP) is 5.69. The minimum absolute atomic E-state index is 0.0509. The van der Waals surface area contributed by atoms with Crippen LogP contribution in [0.2, 0.25) is 0 Å². The molecule has 0 saturated heterocycles. The SMILES string of the molecule is C[C@]12C[C@H](c3ccc(OCCN=[N+]=[N-])cc3)[C@@H]3c4ccc(O)cc4CC[C@H]3[C@@H]1CC[C@@H]2O. The Balaban J connectivity index is 1.49. The van der Waals surface area contributed by atoms with Crippen LogP contribution in [0.5, 0.6) is 11.5 Å². The van der Waals surface area contributed by atoms with E-state index in [1.165, 1.54) is 16.7 Å². The summed E-state index contributed by atoms with van der Waals surface area (Å²) >= 11 is 0. The van der Waals surface area contributed by atoms with Gasteiger partial charge in [-0.25, -0.2) is 0 Å². The van der Waals surface area contributed by atoms with Crippen LogP contribution >= 0.6 is 0 Å². The van der Waals surface area contributed by atoms with Gasteiger partial charge in [0, 0.05) is 4.91 Å². The van der Waals surface area contributed by atoms with E-state index in [4.69, 9.17) is 10.3 Å². The van der Waals surface area contributed by atoms with Gasteiger partial charge in [0.05, 0.1) is 19.3 Å². The van der Waals surface area contributed by atoms with Gasteiger partial charge in [-0.1, -0.05) is 30.2 Å². The van der Waals surface area contributed by atoms with E-state index in [-0.39, 0.29) is 11.5 Å². The maximum atomic E-state index is 11.0. The number of hydrogen-bond donors (Lipinski definition) is 2. The number of aryl methyl sites for hydroxylation is 1. The summed E-state index contributed by atoms with van der Waals surface area (Å²) in [5, 5.41) is 24.5. The largest absolute Gasteiger partial charge is 0.508 e. The molecule has 32 heavy (non-hydrogen) atoms. The van der Waals surface area contributed by atoms with Crippen molar-refractivity contribution in [3.63, 3.8) is 0 Å². The number of aromatic hydroxyl groups is 1. The molecule has 6 heteroatoms. The Kier molecular flexibility index (Phi) is 5.52. The molecule has 0 heterocycles. The van der Waals surface area contributed by atoms with Crippen LogP contribution in [0.25, 0.3) is 10.4 Å². The minimum Gasteiger partial charge on any atom is -0.508 e. The summed E-state index contributed by atoms with van der Waals surface area (Å²) in [6, 6.07) is 14.2. The van der Waals surface area contributed by atoms with Crippen LogP contribution < -0.4 is 4.74 Å². The van der Waals surface area contributed by atoms with Gasteiger partial charge in [0.25, 0.3) is 0 Å². The molecule has 2 aromatic carbocycles. The molecule has 0 spiro atoms. The highest BCUT2D eigenvalue weighted by Gasteiger charge is 2.57. The van der Waals surface area contributed by atoms with Gasteiger partial charge in [0.1, 0.15) is 11.5 Å². The van der Waals surface area contributed by atoms with Crippen LogP contribution in [0.4, 0.5) is 0 Å². The van der Waals surface area contributed by atoms with Crippen LogP contribution in [0, 0.1) is 17.3 Å². The van der Waals surface area contributed by atoms with Crippen LogP contribution in [0.3, 0.4) is 0 Å². The number of aliphatic hydroxyl groups is 1. The van der Waals surface area contributed by atoms with Crippen LogP contribution in [-0.2, 0) is 6.42 Å². The lowest BCUT2D eigenvalue weighted by Crippen LogP contribution is -2.47. The highest BCUT2D eigenvalue weighted by Crippen LogP contribution is 2.65. The van der Waals surface area contributed by atoms with Crippen LogP contribution in [-0.4, -0.2) is 29.5 Å². The second-order valence-electron chi connectivity index (χ2n) is 10.00. The molecule has 5 rings (SSSR count). The van der Waals surface area contributed by atoms with Crippen molar-refractivity contribution in [3.8, 4) is 11.5 Å². The summed E-state index contributed by atoms with van der Waals surface area (Å²) in [7, 11) is 0. The van der Waals surface area contributed by atoms with Crippen molar-refractivity contribution in [2.75, 3.05) is 13.2 Å². The monoisotopic (exact) mass is 433 g/mol. The highest BCUT2D eigenvalue weighted by atomic mass is 16.5. The standard InChI is InChI=1S/C26H31N3O3/c1-26-15-22(16-2-6-19(7-3-16)32-13-12-28-29-27)25-20-9-5-18(30)14-17(20)4-8-21(25)23(26)10-11-24(26)31/h2-3,5-7,9,14,21-25,30-31H,4,8,10-13,15H2,1H3/t21-,22+,23-,24-,25+,26-/m0/s1. The molecule has 3 aliphatic carbocycles. The molecule has 0 amide bonds. The van der Waals surface area contributed by atoms with Crippen LogP contribution in [0.15, 0.2) is 47.6 Å². The normalized spacial score (nSPS) is 32.9. The molecular formula is C26H31N3O3. The van der Waals surface area contributed by atoms with Gasteiger partial charge in [0.2, 0.25) is 0 Å². The number of rotatable bonds is 5. The van der Waals surface area contributed by atoms with Crippen molar-refractivity contribution >= 4 is 0 Å². The van der Waals surface area contributed by atoms with Crippen molar-refractivity contribution in [2.45, 2.75) is 57.0 Å². The molecule has 0 aromatic heterocycles. The van der Waals surface area contributed by atoms with E-state index >= 15 is 0 Å². The van der Waals surface area contributed by atoms with Gasteiger partial charge in [-0.05, 0) is 108 Å². The summed E-state index contributed by atoms with van der Waals surface area (Å²) in [4.78, 5) is 2.75. The molecule has 2 aromatic rings. The maximum Gasteiger partial charge on any atom is 0.119 e. The van der Waals surface area contributed by atoms with Crippen molar-refractivity contribution in [3.05, 3.63) is 69.6 Å². The highest BCUT2D eigenvalue weighted by molar-refractivity contribution is 5.43. The van der Waals surface area contributed by atoms with E-state index in [1.54, 1.807) is 0 Å². The third-order valence-corrected chi connectivity index (χ3v) is 8.49. The number of nitrogens with zero attached hydrogens (tertiary/aromatic N) is 3. The van der Waals surface area contributed by atoms with E-state index in [0.717, 1.165) is 37.9 Å². The zero-order valence-electron chi connectivity index (χ0n) is 18.5. The second kappa shape index (κ2) is 8.34. The lowest BCUT2D eigenvalue weighted by Gasteiger charge is -2.54. The summed E-state index contributed by atoms with van der Waals surface area (Å²) < 4.78 is 5.70. The van der Waals surface area contributed by atoms with E-state index in [9.17, 15) is 10.2 Å². The number of benzene rings is 2. The van der Waals surface area contributed by atoms with Crippen molar-refractivity contribution in [2.24, 2.45) is 22.4 Å². The van der Waals surface area contributed by atoms with Gasteiger partial charge in [0.15, 0.2) is 0 Å². The van der Waals surface area contributed by atoms with Gasteiger partial charge < -0.3 is 14.9 Å². The van der Waals surface area contributed by atoms with Gasteiger partial charge in [-0.3, -0.25) is 0 Å². The van der Waals surface area contributed by atoms with Crippen molar-refractivity contribution < 1.29 is 14.9 Å². The number of phenolic OH excluding ortho intramolecular Hbond substituents is 1. The first-order valence-electron chi connectivity index (χ1n) is 11.7. The maximum absolute atomic E-state index is 11.0. The molecule has 2 saturated carbocycles. The zero-order chi connectivity index (χ0) is 22.3. The Bertz CT molecular complexity index is 1030. The fourth-order valence-electron chi connectivity index (χ4n) is 7.05. The molecule has 0 aliphatic heterocycles. The second-order valence-corrected chi connectivity index (χ2v) is 10.00. The number of fused-ring (bicyclic) bond motifs is 5. The van der Waals surface area contributed by atoms with E-state index in [2.05, 4.69) is 35.1 Å². The Morgan fingerprint density at radius 1 is 1.16 bits per heavy atom. The van der Waals surface area contributed by atoms with Gasteiger partial charge in [-0.15, -0.1) is 0 Å². The summed E-state index contributed by atoms with van der Waals surface area (Å²) in [5.74, 6) is 2.93. The fraction of sp³-hybridized carbons (Fsp3) is 0.538. The molecule has 3 aliphatic rings. The van der Waals surface area contributed by atoms with E-state index in [1.807, 2.05) is 24.3 Å². The topological polar surface area (TPSA) is 98.5 Å². The Morgan fingerprint density at radius 2 is 1.97 bits per heavy atom. The summed E-state index contributed by atoms with van der Waals surface area (Å²) in [6.45, 7) is 2.98. The average molecular weight is 434 g/mol. The van der Waals surface area contributed by atoms with E-state index < -0.39 is 0 Å². The zero-order valence-corrected chi connectivity index (χ0v) is 18.5. The lowest BCUT2D eigenvalue weighted by atomic mass is 9.51. The van der Waals surface area contributed by atoms with Crippen molar-refractivity contribution in [1.82, 2.24) is 0 Å². The minimum atomic E-state index is -0.236. The van der Waals surface area contributed by atoms with Crippen LogP contribution in [0.1, 0.15) is 61.1 Å². The number of phenols is 1. The Hall–Kier alpha value is -2.69. The number of ether oxygens (including phenoxy) is 1. The molecule has 6 atom stereocenters. The first-order chi connectivity index (χ1) is 15.5. The smallest absolute Gasteiger partial charge is 0.119 e. The Labute approximate surface area is 188 Å².